The molecule has 0 spiro atoms. The van der Waals surface area contributed by atoms with Gasteiger partial charge in [0, 0.05) is 0 Å². The Morgan fingerprint density at radius 1 is 1.53 bits per heavy atom. The summed E-state index contributed by atoms with van der Waals surface area (Å²) in [6.07, 6.45) is 8.44. The molecule has 2 rings (SSSR count). The van der Waals surface area contributed by atoms with Crippen LogP contribution in [0.2, 0.25) is 0 Å². The molecule has 1 nitrogen and oxygen atoms in total. The van der Waals surface area contributed by atoms with Crippen LogP contribution in [-0.2, 0) is 4.79 Å². The SMILES string of the molecule is CC(=O)C1=CC[C@@]2(C)CCC[C@@H](C)[C@H]2C1. The highest BCUT2D eigenvalue weighted by Crippen LogP contribution is 2.51. The number of allylic oxidation sites excluding steroid dienone is 2. The van der Waals surface area contributed by atoms with Crippen molar-refractivity contribution in [1.29, 1.82) is 0 Å². The lowest BCUT2D eigenvalue weighted by atomic mass is 9.57. The fourth-order valence-corrected chi connectivity index (χ4v) is 3.57. The van der Waals surface area contributed by atoms with Crippen molar-refractivity contribution in [3.63, 3.8) is 0 Å². The monoisotopic (exact) mass is 206 g/mol. The van der Waals surface area contributed by atoms with E-state index in [1.165, 1.54) is 19.3 Å². The maximum Gasteiger partial charge on any atom is 0.155 e. The average Bonchev–Trinajstić information content (AvgIpc) is 2.17. The van der Waals surface area contributed by atoms with E-state index in [9.17, 15) is 4.79 Å². The third-order valence-corrected chi connectivity index (χ3v) is 4.70. The van der Waals surface area contributed by atoms with Gasteiger partial charge in [-0.1, -0.05) is 32.8 Å². The number of fused-ring (bicyclic) bond motifs is 1. The number of rotatable bonds is 1. The van der Waals surface area contributed by atoms with Crippen LogP contribution in [0.3, 0.4) is 0 Å². The van der Waals surface area contributed by atoms with Gasteiger partial charge in [0.2, 0.25) is 0 Å². The first-order valence-electron chi connectivity index (χ1n) is 6.23. The second-order valence-electron chi connectivity index (χ2n) is 5.82. The topological polar surface area (TPSA) is 17.1 Å². The highest BCUT2D eigenvalue weighted by atomic mass is 16.1. The molecule has 0 aromatic heterocycles. The maximum atomic E-state index is 11.4. The van der Waals surface area contributed by atoms with Gasteiger partial charge in [0.1, 0.15) is 0 Å². The molecule has 1 heteroatoms. The van der Waals surface area contributed by atoms with Gasteiger partial charge in [-0.05, 0) is 49.0 Å². The first-order valence-corrected chi connectivity index (χ1v) is 6.23. The fourth-order valence-electron chi connectivity index (χ4n) is 3.57. The van der Waals surface area contributed by atoms with E-state index in [-0.39, 0.29) is 5.78 Å². The summed E-state index contributed by atoms with van der Waals surface area (Å²) in [5.74, 6) is 1.83. The van der Waals surface area contributed by atoms with Crippen LogP contribution in [-0.4, -0.2) is 5.78 Å². The molecule has 1 fully saturated rings. The van der Waals surface area contributed by atoms with Crippen molar-refractivity contribution in [3.05, 3.63) is 11.6 Å². The molecule has 0 aromatic rings. The lowest BCUT2D eigenvalue weighted by molar-refractivity contribution is -0.114. The molecule has 0 radical (unpaired) electrons. The second kappa shape index (κ2) is 3.77. The van der Waals surface area contributed by atoms with Crippen molar-refractivity contribution < 1.29 is 4.79 Å². The summed E-state index contributed by atoms with van der Waals surface area (Å²) in [5.41, 5.74) is 1.57. The van der Waals surface area contributed by atoms with Crippen LogP contribution < -0.4 is 0 Å². The van der Waals surface area contributed by atoms with Gasteiger partial charge in [-0.15, -0.1) is 0 Å². The van der Waals surface area contributed by atoms with Crippen LogP contribution in [0.5, 0.6) is 0 Å². The van der Waals surface area contributed by atoms with Crippen molar-refractivity contribution in [2.45, 2.75) is 52.9 Å². The van der Waals surface area contributed by atoms with Gasteiger partial charge in [0.25, 0.3) is 0 Å². The highest BCUT2D eigenvalue weighted by molar-refractivity contribution is 5.93. The molecule has 0 unspecified atom stereocenters. The smallest absolute Gasteiger partial charge is 0.155 e. The van der Waals surface area contributed by atoms with E-state index in [0.29, 0.717) is 5.41 Å². The van der Waals surface area contributed by atoms with E-state index < -0.39 is 0 Å². The van der Waals surface area contributed by atoms with Gasteiger partial charge >= 0.3 is 0 Å². The molecular formula is C14H22O. The van der Waals surface area contributed by atoms with Crippen molar-refractivity contribution in [2.75, 3.05) is 0 Å². The molecule has 2 aliphatic carbocycles. The number of Topliss-reactive ketones (excluding diaryl/α,β-unsaturated/α-hetero) is 1. The number of carbonyl (C=O) groups excluding carboxylic acids is 1. The Kier molecular flexibility index (Phi) is 2.74. The number of hydrogen-bond acceptors (Lipinski definition) is 1. The third kappa shape index (κ3) is 1.89. The van der Waals surface area contributed by atoms with Crippen molar-refractivity contribution >= 4 is 5.78 Å². The molecule has 3 atom stereocenters. The Bertz CT molecular complexity index is 302. The van der Waals surface area contributed by atoms with Crippen LogP contribution in [0.1, 0.15) is 52.9 Å². The second-order valence-corrected chi connectivity index (χ2v) is 5.82. The van der Waals surface area contributed by atoms with E-state index in [0.717, 1.165) is 30.3 Å². The van der Waals surface area contributed by atoms with Crippen LogP contribution in [0.4, 0.5) is 0 Å². The average molecular weight is 206 g/mol. The summed E-state index contributed by atoms with van der Waals surface area (Å²) in [6, 6.07) is 0. The van der Waals surface area contributed by atoms with Gasteiger partial charge in [-0.3, -0.25) is 4.79 Å². The molecule has 0 aliphatic heterocycles. The van der Waals surface area contributed by atoms with Crippen molar-refractivity contribution in [1.82, 2.24) is 0 Å². The maximum absolute atomic E-state index is 11.4. The standard InChI is InChI=1S/C14H22O/c1-10-5-4-7-14(3)8-6-12(11(2)15)9-13(10)14/h6,10,13H,4-5,7-9H2,1-3H3/t10-,13-,14-/m1/s1. The Balaban J connectivity index is 2.23. The molecule has 15 heavy (non-hydrogen) atoms. The first-order chi connectivity index (χ1) is 7.03. The first kappa shape index (κ1) is 10.9. The number of hydrogen-bond donors (Lipinski definition) is 0. The quantitative estimate of drug-likeness (QED) is 0.638. The zero-order valence-corrected chi connectivity index (χ0v) is 10.2. The highest BCUT2D eigenvalue weighted by Gasteiger charge is 2.42. The van der Waals surface area contributed by atoms with Gasteiger partial charge in [0.15, 0.2) is 5.78 Å². The van der Waals surface area contributed by atoms with E-state index in [2.05, 4.69) is 19.9 Å². The van der Waals surface area contributed by atoms with Gasteiger partial charge in [0.05, 0.1) is 0 Å². The minimum atomic E-state index is 0.287. The predicted molar refractivity (Wildman–Crippen MR) is 62.6 cm³/mol. The van der Waals surface area contributed by atoms with Crippen molar-refractivity contribution in [3.8, 4) is 0 Å². The number of ketones is 1. The zero-order valence-electron chi connectivity index (χ0n) is 10.2. The number of carbonyl (C=O) groups is 1. The van der Waals surface area contributed by atoms with E-state index in [1.54, 1.807) is 6.92 Å². The Morgan fingerprint density at radius 2 is 2.27 bits per heavy atom. The molecule has 84 valence electrons. The molecule has 0 N–H and O–H groups in total. The van der Waals surface area contributed by atoms with Gasteiger partial charge < -0.3 is 0 Å². The lowest BCUT2D eigenvalue weighted by Crippen LogP contribution is -2.38. The minimum Gasteiger partial charge on any atom is -0.295 e. The Labute approximate surface area is 92.9 Å². The lowest BCUT2D eigenvalue weighted by Gasteiger charge is -2.47. The third-order valence-electron chi connectivity index (χ3n) is 4.70. The molecule has 2 aliphatic rings. The Hall–Kier alpha value is -0.590. The normalized spacial score (nSPS) is 40.6. The van der Waals surface area contributed by atoms with Gasteiger partial charge in [-0.2, -0.15) is 0 Å². The molecule has 0 amide bonds. The Morgan fingerprint density at radius 3 is 2.93 bits per heavy atom. The van der Waals surface area contributed by atoms with E-state index in [4.69, 9.17) is 0 Å². The molecule has 1 saturated carbocycles. The molecular weight excluding hydrogens is 184 g/mol. The molecule has 0 aromatic carbocycles. The van der Waals surface area contributed by atoms with Gasteiger partial charge in [-0.25, -0.2) is 0 Å². The summed E-state index contributed by atoms with van der Waals surface area (Å²) in [7, 11) is 0. The minimum absolute atomic E-state index is 0.287. The van der Waals surface area contributed by atoms with Crippen molar-refractivity contribution in [2.24, 2.45) is 17.3 Å². The molecule has 0 heterocycles. The summed E-state index contributed by atoms with van der Waals surface area (Å²) in [4.78, 5) is 11.4. The predicted octanol–water partition coefficient (Wildman–Crippen LogP) is 3.74. The van der Waals surface area contributed by atoms with E-state index in [1.807, 2.05) is 0 Å². The zero-order chi connectivity index (χ0) is 11.1. The van der Waals surface area contributed by atoms with E-state index >= 15 is 0 Å². The fraction of sp³-hybridized carbons (Fsp3) is 0.786. The van der Waals surface area contributed by atoms with Crippen LogP contribution in [0.15, 0.2) is 11.6 Å². The summed E-state index contributed by atoms with van der Waals surface area (Å²) in [6.45, 7) is 6.49. The van der Waals surface area contributed by atoms with Crippen LogP contribution >= 0.6 is 0 Å². The summed E-state index contributed by atoms with van der Waals surface area (Å²) in [5, 5.41) is 0. The molecule has 0 saturated heterocycles. The summed E-state index contributed by atoms with van der Waals surface area (Å²) < 4.78 is 0. The van der Waals surface area contributed by atoms with Crippen LogP contribution in [0.25, 0.3) is 0 Å². The van der Waals surface area contributed by atoms with Crippen LogP contribution in [0, 0.1) is 17.3 Å². The largest absolute Gasteiger partial charge is 0.295 e. The molecule has 0 bridgehead atoms. The summed E-state index contributed by atoms with van der Waals surface area (Å²) >= 11 is 0.